The minimum Gasteiger partial charge on any atom is -0.317 e. The van der Waals surface area contributed by atoms with E-state index in [1.807, 2.05) is 13.3 Å². The van der Waals surface area contributed by atoms with E-state index in [9.17, 15) is 0 Å². The van der Waals surface area contributed by atoms with E-state index >= 15 is 0 Å². The minimum atomic E-state index is 0.981. The number of rotatable bonds is 6. The minimum absolute atomic E-state index is 0.981. The Hall–Kier alpha value is -0.940. The van der Waals surface area contributed by atoms with Crippen molar-refractivity contribution in [1.29, 1.82) is 0 Å². The summed E-state index contributed by atoms with van der Waals surface area (Å²) in [7, 11) is 2.21. The zero-order valence-electron chi connectivity index (χ0n) is 12.4. The third-order valence-electron chi connectivity index (χ3n) is 4.03. The molecule has 1 aromatic heterocycles. The molecule has 1 saturated heterocycles. The Bertz CT molecular complexity index is 354. The summed E-state index contributed by atoms with van der Waals surface area (Å²) in [5.74, 6) is 1.00. The van der Waals surface area contributed by atoms with E-state index in [0.29, 0.717) is 0 Å². The van der Waals surface area contributed by atoms with Gasteiger partial charge in [0.1, 0.15) is 12.2 Å². The molecule has 19 heavy (non-hydrogen) atoms. The SMILES string of the molecule is Cc1nncn1CCN(C)CCN1CCCCCC1. The first-order valence-electron chi connectivity index (χ1n) is 7.51. The summed E-state index contributed by atoms with van der Waals surface area (Å²) in [6.07, 6.45) is 7.41. The normalized spacial score (nSPS) is 17.8. The van der Waals surface area contributed by atoms with E-state index in [1.54, 1.807) is 0 Å². The van der Waals surface area contributed by atoms with Gasteiger partial charge < -0.3 is 14.4 Å². The van der Waals surface area contributed by atoms with Crippen LogP contribution in [-0.4, -0.2) is 64.3 Å². The molecule has 5 heteroatoms. The first-order valence-corrected chi connectivity index (χ1v) is 7.51. The average Bonchev–Trinajstić information content (AvgIpc) is 2.66. The van der Waals surface area contributed by atoms with Gasteiger partial charge in [-0.2, -0.15) is 0 Å². The van der Waals surface area contributed by atoms with E-state index in [2.05, 4.69) is 31.6 Å². The molecule has 0 radical (unpaired) electrons. The van der Waals surface area contributed by atoms with Gasteiger partial charge in [-0.15, -0.1) is 10.2 Å². The Morgan fingerprint density at radius 2 is 1.79 bits per heavy atom. The second-order valence-corrected chi connectivity index (χ2v) is 5.63. The van der Waals surface area contributed by atoms with Gasteiger partial charge in [-0.25, -0.2) is 0 Å². The molecule has 2 heterocycles. The fraction of sp³-hybridized carbons (Fsp3) is 0.857. The van der Waals surface area contributed by atoms with Crippen LogP contribution < -0.4 is 0 Å². The Labute approximate surface area is 116 Å². The summed E-state index contributed by atoms with van der Waals surface area (Å²) in [6, 6.07) is 0. The maximum Gasteiger partial charge on any atom is 0.129 e. The largest absolute Gasteiger partial charge is 0.317 e. The highest BCUT2D eigenvalue weighted by molar-refractivity contribution is 4.80. The van der Waals surface area contributed by atoms with Gasteiger partial charge in [-0.05, 0) is 39.9 Å². The molecular weight excluding hydrogens is 238 g/mol. The highest BCUT2D eigenvalue weighted by Crippen LogP contribution is 2.09. The van der Waals surface area contributed by atoms with Gasteiger partial charge in [0.2, 0.25) is 0 Å². The Balaban J connectivity index is 1.63. The van der Waals surface area contributed by atoms with Crippen LogP contribution in [0.3, 0.4) is 0 Å². The molecule has 0 unspecified atom stereocenters. The third-order valence-corrected chi connectivity index (χ3v) is 4.03. The topological polar surface area (TPSA) is 37.2 Å². The highest BCUT2D eigenvalue weighted by Gasteiger charge is 2.09. The van der Waals surface area contributed by atoms with Crippen LogP contribution in [0.2, 0.25) is 0 Å². The lowest BCUT2D eigenvalue weighted by molar-refractivity contribution is 0.226. The van der Waals surface area contributed by atoms with Crippen LogP contribution in [0, 0.1) is 6.92 Å². The van der Waals surface area contributed by atoms with Crippen molar-refractivity contribution >= 4 is 0 Å². The molecule has 0 amide bonds. The zero-order valence-corrected chi connectivity index (χ0v) is 12.4. The summed E-state index contributed by atoms with van der Waals surface area (Å²) in [6.45, 7) is 8.99. The predicted molar refractivity (Wildman–Crippen MR) is 77.2 cm³/mol. The van der Waals surface area contributed by atoms with E-state index in [0.717, 1.165) is 25.5 Å². The van der Waals surface area contributed by atoms with Crippen LogP contribution in [0.4, 0.5) is 0 Å². The number of hydrogen-bond acceptors (Lipinski definition) is 4. The lowest BCUT2D eigenvalue weighted by atomic mass is 10.2. The van der Waals surface area contributed by atoms with E-state index in [1.165, 1.54) is 45.3 Å². The lowest BCUT2D eigenvalue weighted by Crippen LogP contribution is -2.35. The number of aromatic nitrogens is 3. The summed E-state index contributed by atoms with van der Waals surface area (Å²) < 4.78 is 2.11. The first-order chi connectivity index (χ1) is 9.25. The van der Waals surface area contributed by atoms with Crippen LogP contribution in [0.15, 0.2) is 6.33 Å². The Morgan fingerprint density at radius 1 is 1.11 bits per heavy atom. The third kappa shape index (κ3) is 4.91. The number of aryl methyl sites for hydroxylation is 1. The van der Waals surface area contributed by atoms with Gasteiger partial charge in [-0.1, -0.05) is 12.8 Å². The molecule has 0 aliphatic carbocycles. The van der Waals surface area contributed by atoms with Crippen LogP contribution in [0.25, 0.3) is 0 Å². The zero-order chi connectivity index (χ0) is 13.5. The molecule has 1 aliphatic heterocycles. The predicted octanol–water partition coefficient (Wildman–Crippen LogP) is 1.39. The lowest BCUT2D eigenvalue weighted by Gasteiger charge is -2.24. The Kier molecular flexibility index (Phi) is 5.79. The summed E-state index contributed by atoms with van der Waals surface area (Å²) in [5.41, 5.74) is 0. The molecule has 1 aliphatic rings. The number of likely N-dealkylation sites (N-methyl/N-ethyl adjacent to an activating group) is 1. The fourth-order valence-corrected chi connectivity index (χ4v) is 2.59. The van der Waals surface area contributed by atoms with Crippen molar-refractivity contribution in [3.8, 4) is 0 Å². The molecular formula is C14H27N5. The standard InChI is InChI=1S/C14H27N5/c1-14-16-15-13-19(14)12-10-17(2)9-11-18-7-5-3-4-6-8-18/h13H,3-12H2,1-2H3. The molecule has 108 valence electrons. The van der Waals surface area contributed by atoms with Gasteiger partial charge in [0.15, 0.2) is 0 Å². The first kappa shape index (κ1) is 14.5. The summed E-state index contributed by atoms with van der Waals surface area (Å²) in [5, 5.41) is 7.93. The van der Waals surface area contributed by atoms with E-state index in [4.69, 9.17) is 0 Å². The fourth-order valence-electron chi connectivity index (χ4n) is 2.59. The van der Waals surface area contributed by atoms with Crippen molar-refractivity contribution in [1.82, 2.24) is 24.6 Å². The second-order valence-electron chi connectivity index (χ2n) is 5.63. The molecule has 0 bridgehead atoms. The van der Waals surface area contributed by atoms with Gasteiger partial charge in [0.25, 0.3) is 0 Å². The van der Waals surface area contributed by atoms with Crippen molar-refractivity contribution in [2.75, 3.05) is 39.8 Å². The average molecular weight is 265 g/mol. The monoisotopic (exact) mass is 265 g/mol. The van der Waals surface area contributed by atoms with Crippen molar-refractivity contribution in [2.24, 2.45) is 0 Å². The molecule has 0 atom stereocenters. The molecule has 5 nitrogen and oxygen atoms in total. The molecule has 0 N–H and O–H groups in total. The van der Waals surface area contributed by atoms with Crippen LogP contribution >= 0.6 is 0 Å². The maximum atomic E-state index is 4.01. The molecule has 0 saturated carbocycles. The molecule has 0 spiro atoms. The van der Waals surface area contributed by atoms with Crippen molar-refractivity contribution in [3.63, 3.8) is 0 Å². The van der Waals surface area contributed by atoms with E-state index < -0.39 is 0 Å². The molecule has 1 aromatic rings. The Morgan fingerprint density at radius 3 is 2.42 bits per heavy atom. The van der Waals surface area contributed by atoms with Crippen molar-refractivity contribution in [2.45, 2.75) is 39.2 Å². The molecule has 1 fully saturated rings. The van der Waals surface area contributed by atoms with Gasteiger partial charge in [0.05, 0.1) is 0 Å². The van der Waals surface area contributed by atoms with Crippen LogP contribution in [0.1, 0.15) is 31.5 Å². The number of nitrogens with zero attached hydrogens (tertiary/aromatic N) is 5. The van der Waals surface area contributed by atoms with Gasteiger partial charge in [0, 0.05) is 26.2 Å². The van der Waals surface area contributed by atoms with Gasteiger partial charge >= 0.3 is 0 Å². The van der Waals surface area contributed by atoms with Crippen LogP contribution in [-0.2, 0) is 6.54 Å². The second kappa shape index (κ2) is 7.60. The van der Waals surface area contributed by atoms with Crippen molar-refractivity contribution in [3.05, 3.63) is 12.2 Å². The molecule has 0 aromatic carbocycles. The quantitative estimate of drug-likeness (QED) is 0.779. The maximum absolute atomic E-state index is 4.01. The number of likely N-dealkylation sites (tertiary alicyclic amines) is 1. The molecule has 2 rings (SSSR count). The van der Waals surface area contributed by atoms with Crippen molar-refractivity contribution < 1.29 is 0 Å². The van der Waals surface area contributed by atoms with Crippen LogP contribution in [0.5, 0.6) is 0 Å². The highest BCUT2D eigenvalue weighted by atomic mass is 15.3. The smallest absolute Gasteiger partial charge is 0.129 e. The number of hydrogen-bond donors (Lipinski definition) is 0. The van der Waals surface area contributed by atoms with E-state index in [-0.39, 0.29) is 0 Å². The van der Waals surface area contributed by atoms with Gasteiger partial charge in [-0.3, -0.25) is 0 Å². The summed E-state index contributed by atoms with van der Waals surface area (Å²) >= 11 is 0. The summed E-state index contributed by atoms with van der Waals surface area (Å²) in [4.78, 5) is 5.03.